The lowest BCUT2D eigenvalue weighted by atomic mass is 10.1. The second kappa shape index (κ2) is 8.12. The summed E-state index contributed by atoms with van der Waals surface area (Å²) in [4.78, 5) is 35.0. The number of hydrogen-bond donors (Lipinski definition) is 2. The highest BCUT2D eigenvalue weighted by Gasteiger charge is 2.10. The van der Waals surface area contributed by atoms with Crippen molar-refractivity contribution in [1.29, 1.82) is 0 Å². The van der Waals surface area contributed by atoms with E-state index in [9.17, 15) is 14.4 Å². The lowest BCUT2D eigenvalue weighted by Crippen LogP contribution is -2.42. The summed E-state index contributed by atoms with van der Waals surface area (Å²) in [6.45, 7) is 0. The number of amides is 2. The molecule has 0 atom stereocenters. The van der Waals surface area contributed by atoms with Gasteiger partial charge in [0.1, 0.15) is 0 Å². The molecule has 0 heterocycles. The average molecular weight is 347 g/mol. The molecule has 2 aromatic carbocycles. The van der Waals surface area contributed by atoms with Crippen LogP contribution < -0.4 is 10.9 Å². The normalized spacial score (nSPS) is 9.92. The van der Waals surface area contributed by atoms with E-state index < -0.39 is 11.9 Å². The van der Waals surface area contributed by atoms with Gasteiger partial charge in [-0.3, -0.25) is 20.4 Å². The van der Waals surface area contributed by atoms with Gasteiger partial charge in [0.25, 0.3) is 5.91 Å². The summed E-state index contributed by atoms with van der Waals surface area (Å²) < 4.78 is 4.57. The first-order valence-electron chi connectivity index (χ1n) is 7.01. The number of carbonyl (C=O) groups is 3. The van der Waals surface area contributed by atoms with E-state index in [1.807, 2.05) is 0 Å². The number of rotatable bonds is 4. The molecular formula is C17H15ClN2O4. The van der Waals surface area contributed by atoms with Crippen LogP contribution in [0.3, 0.4) is 0 Å². The highest BCUT2D eigenvalue weighted by atomic mass is 35.5. The van der Waals surface area contributed by atoms with E-state index in [2.05, 4.69) is 15.6 Å². The van der Waals surface area contributed by atoms with E-state index in [0.717, 1.165) is 5.56 Å². The number of hydrazine groups is 1. The minimum atomic E-state index is -0.490. The first kappa shape index (κ1) is 17.5. The lowest BCUT2D eigenvalue weighted by molar-refractivity contribution is -0.121. The molecule has 0 fully saturated rings. The molecule has 0 aliphatic rings. The van der Waals surface area contributed by atoms with Crippen molar-refractivity contribution in [1.82, 2.24) is 10.9 Å². The molecule has 0 aliphatic heterocycles. The van der Waals surface area contributed by atoms with E-state index in [-0.39, 0.29) is 12.3 Å². The first-order chi connectivity index (χ1) is 11.5. The van der Waals surface area contributed by atoms with Crippen molar-refractivity contribution in [2.24, 2.45) is 0 Å². The largest absolute Gasteiger partial charge is 0.465 e. The minimum absolute atomic E-state index is 0.110. The summed E-state index contributed by atoms with van der Waals surface area (Å²) in [6, 6.07) is 12.7. The molecule has 0 saturated carbocycles. The van der Waals surface area contributed by atoms with Gasteiger partial charge in [-0.05, 0) is 42.0 Å². The van der Waals surface area contributed by atoms with Crippen LogP contribution in [-0.4, -0.2) is 24.9 Å². The number of nitrogens with one attached hydrogen (secondary N) is 2. The van der Waals surface area contributed by atoms with Gasteiger partial charge >= 0.3 is 5.97 Å². The van der Waals surface area contributed by atoms with E-state index in [1.165, 1.54) is 31.4 Å². The monoisotopic (exact) mass is 346 g/mol. The smallest absolute Gasteiger partial charge is 0.337 e. The molecule has 124 valence electrons. The molecule has 2 amide bonds. The summed E-state index contributed by atoms with van der Waals surface area (Å²) in [7, 11) is 1.28. The van der Waals surface area contributed by atoms with Crippen molar-refractivity contribution < 1.29 is 19.1 Å². The molecule has 0 saturated heterocycles. The van der Waals surface area contributed by atoms with Crippen molar-refractivity contribution in [3.63, 3.8) is 0 Å². The lowest BCUT2D eigenvalue weighted by Gasteiger charge is -2.08. The molecule has 2 rings (SSSR count). The van der Waals surface area contributed by atoms with Crippen molar-refractivity contribution >= 4 is 29.4 Å². The Morgan fingerprint density at radius 1 is 0.917 bits per heavy atom. The minimum Gasteiger partial charge on any atom is -0.465 e. The highest BCUT2D eigenvalue weighted by molar-refractivity contribution is 6.30. The fourth-order valence-corrected chi connectivity index (χ4v) is 2.03. The van der Waals surface area contributed by atoms with Crippen LogP contribution >= 0.6 is 11.6 Å². The zero-order chi connectivity index (χ0) is 17.5. The Hall–Kier alpha value is -2.86. The quantitative estimate of drug-likeness (QED) is 0.656. The molecule has 0 spiro atoms. The second-order valence-electron chi connectivity index (χ2n) is 4.87. The second-order valence-corrected chi connectivity index (χ2v) is 5.31. The Labute approximate surface area is 143 Å². The number of carbonyl (C=O) groups excluding carboxylic acids is 3. The number of esters is 1. The number of ether oxygens (including phenoxy) is 1. The summed E-state index contributed by atoms with van der Waals surface area (Å²) in [5, 5.41) is 0.586. The van der Waals surface area contributed by atoms with Gasteiger partial charge in [-0.15, -0.1) is 0 Å². The Balaban J connectivity index is 1.87. The predicted molar refractivity (Wildman–Crippen MR) is 88.5 cm³/mol. The number of benzene rings is 2. The summed E-state index contributed by atoms with van der Waals surface area (Å²) in [5.41, 5.74) is 6.05. The van der Waals surface area contributed by atoms with Gasteiger partial charge in [0.15, 0.2) is 0 Å². The molecule has 0 unspecified atom stereocenters. The predicted octanol–water partition coefficient (Wildman–Crippen LogP) is 2.13. The van der Waals surface area contributed by atoms with E-state index in [4.69, 9.17) is 11.6 Å². The zero-order valence-electron chi connectivity index (χ0n) is 12.8. The van der Waals surface area contributed by atoms with E-state index in [1.54, 1.807) is 24.3 Å². The molecule has 24 heavy (non-hydrogen) atoms. The van der Waals surface area contributed by atoms with Gasteiger partial charge in [-0.1, -0.05) is 23.7 Å². The molecule has 0 bridgehead atoms. The van der Waals surface area contributed by atoms with Crippen molar-refractivity contribution in [2.45, 2.75) is 6.42 Å². The third-order valence-electron chi connectivity index (χ3n) is 3.16. The van der Waals surface area contributed by atoms with E-state index in [0.29, 0.717) is 16.1 Å². The number of methoxy groups -OCH3 is 1. The van der Waals surface area contributed by atoms with Gasteiger partial charge < -0.3 is 4.74 Å². The molecule has 0 radical (unpaired) electrons. The topological polar surface area (TPSA) is 84.5 Å². The van der Waals surface area contributed by atoms with Crippen LogP contribution in [-0.2, 0) is 16.0 Å². The highest BCUT2D eigenvalue weighted by Crippen LogP contribution is 2.10. The Morgan fingerprint density at radius 3 is 2.08 bits per heavy atom. The van der Waals surface area contributed by atoms with Crippen LogP contribution in [0.25, 0.3) is 0 Å². The van der Waals surface area contributed by atoms with Crippen LogP contribution in [0.15, 0.2) is 48.5 Å². The molecule has 6 nitrogen and oxygen atoms in total. The molecule has 7 heteroatoms. The Kier molecular flexibility index (Phi) is 5.92. The standard InChI is InChI=1S/C17H15ClN2O4/c1-24-17(23)13-6-4-12(5-7-13)16(22)20-19-15(21)10-11-2-8-14(18)9-3-11/h2-9H,10H2,1H3,(H,19,21)(H,20,22). The Morgan fingerprint density at radius 2 is 1.50 bits per heavy atom. The molecule has 2 N–H and O–H groups in total. The fourth-order valence-electron chi connectivity index (χ4n) is 1.91. The number of halogens is 1. The summed E-state index contributed by atoms with van der Waals surface area (Å²) in [5.74, 6) is -1.34. The first-order valence-corrected chi connectivity index (χ1v) is 7.39. The average Bonchev–Trinajstić information content (AvgIpc) is 2.61. The maximum Gasteiger partial charge on any atom is 0.337 e. The van der Waals surface area contributed by atoms with Gasteiger partial charge in [0.2, 0.25) is 5.91 Å². The maximum absolute atomic E-state index is 11.9. The van der Waals surface area contributed by atoms with Crippen LogP contribution in [0.2, 0.25) is 5.02 Å². The van der Waals surface area contributed by atoms with Crippen LogP contribution in [0.5, 0.6) is 0 Å². The molecular weight excluding hydrogens is 332 g/mol. The molecule has 0 aliphatic carbocycles. The third kappa shape index (κ3) is 4.82. The zero-order valence-corrected chi connectivity index (χ0v) is 13.6. The number of hydrogen-bond acceptors (Lipinski definition) is 4. The van der Waals surface area contributed by atoms with Crippen molar-refractivity contribution in [3.8, 4) is 0 Å². The van der Waals surface area contributed by atoms with Gasteiger partial charge in [0, 0.05) is 10.6 Å². The fraction of sp³-hybridized carbons (Fsp3) is 0.118. The Bertz CT molecular complexity index is 742. The van der Waals surface area contributed by atoms with Gasteiger partial charge in [-0.2, -0.15) is 0 Å². The van der Waals surface area contributed by atoms with Crippen LogP contribution in [0, 0.1) is 0 Å². The SMILES string of the molecule is COC(=O)c1ccc(C(=O)NNC(=O)Cc2ccc(Cl)cc2)cc1. The van der Waals surface area contributed by atoms with E-state index >= 15 is 0 Å². The van der Waals surface area contributed by atoms with Crippen LogP contribution in [0.4, 0.5) is 0 Å². The molecule has 2 aromatic rings. The van der Waals surface area contributed by atoms with Crippen molar-refractivity contribution in [3.05, 3.63) is 70.2 Å². The van der Waals surface area contributed by atoms with Crippen LogP contribution in [0.1, 0.15) is 26.3 Å². The third-order valence-corrected chi connectivity index (χ3v) is 3.41. The maximum atomic E-state index is 11.9. The van der Waals surface area contributed by atoms with Crippen molar-refractivity contribution in [2.75, 3.05) is 7.11 Å². The summed E-state index contributed by atoms with van der Waals surface area (Å²) >= 11 is 5.77. The molecule has 0 aromatic heterocycles. The van der Waals surface area contributed by atoms with Gasteiger partial charge in [-0.25, -0.2) is 4.79 Å². The summed E-state index contributed by atoms with van der Waals surface area (Å²) in [6.07, 6.45) is 0.110. The van der Waals surface area contributed by atoms with Gasteiger partial charge in [0.05, 0.1) is 19.1 Å².